The fourth-order valence-corrected chi connectivity index (χ4v) is 1.61. The number of hydrogen-bond donors (Lipinski definition) is 1. The highest BCUT2D eigenvalue weighted by Crippen LogP contribution is 2.27. The molecule has 0 radical (unpaired) electrons. The minimum atomic E-state index is -0.564. The first kappa shape index (κ1) is 11.1. The number of benzene rings is 1. The van der Waals surface area contributed by atoms with Gasteiger partial charge in [0.25, 0.3) is 5.89 Å². The number of rotatable bonds is 3. The zero-order valence-electron chi connectivity index (χ0n) is 9.48. The molecule has 1 N–H and O–H groups in total. The van der Waals surface area contributed by atoms with Crippen LogP contribution in [0.25, 0.3) is 23.0 Å². The summed E-state index contributed by atoms with van der Waals surface area (Å²) in [5.41, 5.74) is 0.655. The maximum absolute atomic E-state index is 10.8. The van der Waals surface area contributed by atoms with E-state index < -0.39 is 4.92 Å². The summed E-state index contributed by atoms with van der Waals surface area (Å²) in [7, 11) is 0. The van der Waals surface area contributed by atoms with E-state index in [-0.39, 0.29) is 17.3 Å². The molecule has 0 aliphatic rings. The molecule has 0 unspecified atom stereocenters. The lowest BCUT2D eigenvalue weighted by molar-refractivity contribution is -0.384. The Hall–Kier alpha value is -3.03. The highest BCUT2D eigenvalue weighted by Gasteiger charge is 2.23. The zero-order chi connectivity index (χ0) is 13.2. The quantitative estimate of drug-likeness (QED) is 0.567. The Morgan fingerprint density at radius 2 is 2.05 bits per heavy atom. The first-order valence-electron chi connectivity index (χ1n) is 5.33. The second-order valence-electron chi connectivity index (χ2n) is 3.68. The van der Waals surface area contributed by atoms with E-state index in [4.69, 9.17) is 4.52 Å². The van der Waals surface area contributed by atoms with E-state index in [9.17, 15) is 10.1 Å². The molecule has 0 atom stereocenters. The van der Waals surface area contributed by atoms with Crippen LogP contribution in [0.1, 0.15) is 0 Å². The largest absolute Gasteiger partial charge is 0.332 e. The second kappa shape index (κ2) is 4.33. The summed E-state index contributed by atoms with van der Waals surface area (Å²) in [5, 5.41) is 20.7. The van der Waals surface area contributed by atoms with Crippen LogP contribution in [0.15, 0.2) is 41.1 Å². The van der Waals surface area contributed by atoms with Gasteiger partial charge in [0, 0.05) is 5.56 Å². The number of H-pyrrole nitrogens is 1. The minimum Gasteiger partial charge on any atom is -0.332 e. The predicted molar refractivity (Wildman–Crippen MR) is 64.0 cm³/mol. The van der Waals surface area contributed by atoms with Crippen molar-refractivity contribution in [1.82, 2.24) is 20.3 Å². The highest BCUT2D eigenvalue weighted by molar-refractivity contribution is 5.63. The fraction of sp³-hybridized carbons (Fsp3) is 0. The standard InChI is InChI=1S/C11H7N5O3/c17-16(18)8-6-12-14-9(8)11-13-10(15-19-11)7-4-2-1-3-5-7/h1-6H,(H,12,14). The monoisotopic (exact) mass is 257 g/mol. The van der Waals surface area contributed by atoms with Crippen LogP contribution in [0.4, 0.5) is 5.69 Å². The molecular weight excluding hydrogens is 250 g/mol. The molecule has 0 saturated heterocycles. The molecule has 19 heavy (non-hydrogen) atoms. The average Bonchev–Trinajstić information content (AvgIpc) is 3.08. The van der Waals surface area contributed by atoms with Gasteiger partial charge in [-0.05, 0) is 0 Å². The van der Waals surface area contributed by atoms with Crippen molar-refractivity contribution < 1.29 is 9.45 Å². The number of aromatic amines is 1. The average molecular weight is 257 g/mol. The lowest BCUT2D eigenvalue weighted by Crippen LogP contribution is -1.89. The first-order valence-corrected chi connectivity index (χ1v) is 5.33. The number of nitrogens with one attached hydrogen (secondary N) is 1. The Kier molecular flexibility index (Phi) is 2.53. The van der Waals surface area contributed by atoms with Crippen molar-refractivity contribution in [3.63, 3.8) is 0 Å². The van der Waals surface area contributed by atoms with Gasteiger partial charge >= 0.3 is 5.69 Å². The van der Waals surface area contributed by atoms with Crippen LogP contribution in [-0.4, -0.2) is 25.3 Å². The van der Waals surface area contributed by atoms with Gasteiger partial charge in [-0.2, -0.15) is 10.1 Å². The molecule has 2 aromatic heterocycles. The van der Waals surface area contributed by atoms with Crippen molar-refractivity contribution in [2.75, 3.05) is 0 Å². The van der Waals surface area contributed by atoms with Gasteiger partial charge < -0.3 is 4.52 Å². The van der Waals surface area contributed by atoms with Crippen molar-refractivity contribution in [3.05, 3.63) is 46.6 Å². The van der Waals surface area contributed by atoms with Crippen LogP contribution in [0.3, 0.4) is 0 Å². The molecule has 8 nitrogen and oxygen atoms in total. The van der Waals surface area contributed by atoms with Crippen LogP contribution < -0.4 is 0 Å². The van der Waals surface area contributed by atoms with Gasteiger partial charge in [0.1, 0.15) is 6.20 Å². The van der Waals surface area contributed by atoms with Gasteiger partial charge in [0.2, 0.25) is 11.5 Å². The lowest BCUT2D eigenvalue weighted by Gasteiger charge is -1.90. The Morgan fingerprint density at radius 1 is 1.26 bits per heavy atom. The summed E-state index contributed by atoms with van der Waals surface area (Å²) in [6.07, 6.45) is 1.10. The summed E-state index contributed by atoms with van der Waals surface area (Å²) < 4.78 is 5.02. The Bertz CT molecular complexity index is 719. The Labute approximate surface area is 106 Å². The second-order valence-corrected chi connectivity index (χ2v) is 3.68. The molecule has 2 heterocycles. The van der Waals surface area contributed by atoms with Crippen molar-refractivity contribution in [2.45, 2.75) is 0 Å². The van der Waals surface area contributed by atoms with Gasteiger partial charge in [-0.25, -0.2) is 0 Å². The molecule has 0 fully saturated rings. The number of aromatic nitrogens is 4. The molecule has 0 saturated carbocycles. The topological polar surface area (TPSA) is 111 Å². The number of nitrogens with zero attached hydrogens (tertiary/aromatic N) is 4. The third-order valence-electron chi connectivity index (χ3n) is 2.49. The maximum atomic E-state index is 10.8. The van der Waals surface area contributed by atoms with Crippen LogP contribution in [0.5, 0.6) is 0 Å². The number of hydrogen-bond acceptors (Lipinski definition) is 6. The fourth-order valence-electron chi connectivity index (χ4n) is 1.61. The summed E-state index contributed by atoms with van der Waals surface area (Å²) in [6, 6.07) is 9.17. The smallest absolute Gasteiger partial charge is 0.319 e. The third-order valence-corrected chi connectivity index (χ3v) is 2.49. The van der Waals surface area contributed by atoms with E-state index in [0.717, 1.165) is 11.8 Å². The molecule has 0 amide bonds. The van der Waals surface area contributed by atoms with E-state index in [0.29, 0.717) is 5.82 Å². The van der Waals surface area contributed by atoms with Crippen LogP contribution >= 0.6 is 0 Å². The molecule has 0 aliphatic carbocycles. The maximum Gasteiger partial charge on any atom is 0.319 e. The van der Waals surface area contributed by atoms with Gasteiger partial charge in [-0.1, -0.05) is 35.5 Å². The van der Waals surface area contributed by atoms with Crippen molar-refractivity contribution >= 4 is 5.69 Å². The number of nitro groups is 1. The molecule has 8 heteroatoms. The van der Waals surface area contributed by atoms with Gasteiger partial charge in [0.05, 0.1) is 4.92 Å². The van der Waals surface area contributed by atoms with Crippen molar-refractivity contribution in [1.29, 1.82) is 0 Å². The summed E-state index contributed by atoms with van der Waals surface area (Å²) in [6.45, 7) is 0. The normalized spacial score (nSPS) is 10.5. The molecule has 3 rings (SSSR count). The van der Waals surface area contributed by atoms with Gasteiger partial charge in [0.15, 0.2) is 0 Å². The summed E-state index contributed by atoms with van der Waals surface area (Å²) >= 11 is 0. The van der Waals surface area contributed by atoms with E-state index >= 15 is 0 Å². The summed E-state index contributed by atoms with van der Waals surface area (Å²) in [5.74, 6) is 0.391. The van der Waals surface area contributed by atoms with Gasteiger partial charge in [-0.15, -0.1) is 0 Å². The SMILES string of the molecule is O=[N+]([O-])c1cn[nH]c1-c1nc(-c2ccccc2)no1. The lowest BCUT2D eigenvalue weighted by atomic mass is 10.2. The molecule has 1 aromatic carbocycles. The molecule has 0 bridgehead atoms. The van der Waals surface area contributed by atoms with Crippen molar-refractivity contribution in [2.24, 2.45) is 0 Å². The van der Waals surface area contributed by atoms with E-state index in [1.165, 1.54) is 0 Å². The van der Waals surface area contributed by atoms with Crippen molar-refractivity contribution in [3.8, 4) is 23.0 Å². The zero-order valence-corrected chi connectivity index (χ0v) is 9.48. The molecule has 3 aromatic rings. The van der Waals surface area contributed by atoms with Crippen LogP contribution in [-0.2, 0) is 0 Å². The molecule has 0 spiro atoms. The summed E-state index contributed by atoms with van der Waals surface area (Å²) in [4.78, 5) is 14.3. The Balaban J connectivity index is 2.02. The third kappa shape index (κ3) is 1.95. The Morgan fingerprint density at radius 3 is 2.79 bits per heavy atom. The first-order chi connectivity index (χ1) is 9.25. The van der Waals surface area contributed by atoms with E-state index in [2.05, 4.69) is 20.3 Å². The van der Waals surface area contributed by atoms with E-state index in [1.54, 1.807) is 0 Å². The van der Waals surface area contributed by atoms with E-state index in [1.807, 2.05) is 30.3 Å². The molecular formula is C11H7N5O3. The predicted octanol–water partition coefficient (Wildman–Crippen LogP) is 2.03. The highest BCUT2D eigenvalue weighted by atomic mass is 16.6. The van der Waals surface area contributed by atoms with Crippen LogP contribution in [0.2, 0.25) is 0 Å². The van der Waals surface area contributed by atoms with Gasteiger partial charge in [-0.3, -0.25) is 15.2 Å². The van der Waals surface area contributed by atoms with Crippen LogP contribution in [0, 0.1) is 10.1 Å². The molecule has 94 valence electrons. The minimum absolute atomic E-state index is 0.0306. The molecule has 0 aliphatic heterocycles.